The number of hydrogen-bond acceptors (Lipinski definition) is 3. The van der Waals surface area contributed by atoms with E-state index in [-0.39, 0.29) is 12.6 Å². The molecule has 0 rings (SSSR count). The first-order valence-electron chi connectivity index (χ1n) is 7.69. The topological polar surface area (TPSA) is 98.7 Å². The molecule has 0 heterocycles. The van der Waals surface area contributed by atoms with Gasteiger partial charge in [0.05, 0.1) is 12.0 Å². The van der Waals surface area contributed by atoms with Crippen molar-refractivity contribution >= 4 is 12.0 Å². The quantitative estimate of drug-likeness (QED) is 0.439. The molecule has 21 heavy (non-hydrogen) atoms. The molecule has 0 aromatic heterocycles. The molecule has 2 amide bonds. The van der Waals surface area contributed by atoms with Crippen LogP contribution in [0.15, 0.2) is 0 Å². The second-order valence-electron chi connectivity index (χ2n) is 6.27. The highest BCUT2D eigenvalue weighted by atomic mass is 16.4. The van der Waals surface area contributed by atoms with Gasteiger partial charge in [0.2, 0.25) is 0 Å². The van der Waals surface area contributed by atoms with E-state index in [2.05, 4.69) is 24.5 Å². The van der Waals surface area contributed by atoms with E-state index in [1.165, 1.54) is 26.2 Å². The normalized spacial score (nSPS) is 13.8. The Kier molecular flexibility index (Phi) is 9.78. The van der Waals surface area contributed by atoms with Crippen molar-refractivity contribution in [2.45, 2.75) is 64.9 Å². The predicted molar refractivity (Wildman–Crippen MR) is 82.2 cm³/mol. The third-order valence-corrected chi connectivity index (χ3v) is 3.16. The number of aliphatic hydroxyl groups is 1. The molecule has 1 unspecified atom stereocenters. The lowest BCUT2D eigenvalue weighted by Crippen LogP contribution is -2.46. The summed E-state index contributed by atoms with van der Waals surface area (Å²) in [5, 5.41) is 23.5. The Hall–Kier alpha value is -1.30. The van der Waals surface area contributed by atoms with Crippen molar-refractivity contribution in [1.82, 2.24) is 10.6 Å². The third-order valence-electron chi connectivity index (χ3n) is 3.16. The monoisotopic (exact) mass is 302 g/mol. The smallest absolute Gasteiger partial charge is 0.314 e. The van der Waals surface area contributed by atoms with Crippen molar-refractivity contribution in [1.29, 1.82) is 0 Å². The first-order valence-corrected chi connectivity index (χ1v) is 7.69. The molecule has 0 radical (unpaired) electrons. The third kappa shape index (κ3) is 13.4. The maximum Gasteiger partial charge on any atom is 0.314 e. The van der Waals surface area contributed by atoms with Crippen molar-refractivity contribution in [2.75, 3.05) is 13.1 Å². The fraction of sp³-hybridized carbons (Fsp3) is 0.867. The van der Waals surface area contributed by atoms with Gasteiger partial charge >= 0.3 is 12.0 Å². The number of rotatable bonds is 11. The number of aliphatic carboxylic acids is 1. The van der Waals surface area contributed by atoms with Crippen molar-refractivity contribution in [3.8, 4) is 0 Å². The molecule has 6 heteroatoms. The molecule has 0 aliphatic heterocycles. The summed E-state index contributed by atoms with van der Waals surface area (Å²) < 4.78 is 0. The number of carbonyl (C=O) groups is 2. The Balaban J connectivity index is 3.56. The average molecular weight is 302 g/mol. The number of unbranched alkanes of at least 4 members (excludes halogenated alkanes) is 3. The van der Waals surface area contributed by atoms with Crippen molar-refractivity contribution in [3.05, 3.63) is 0 Å². The lowest BCUT2D eigenvalue weighted by atomic mass is 10.0. The number of carbonyl (C=O) groups excluding carboxylic acids is 1. The number of amides is 2. The fourth-order valence-corrected chi connectivity index (χ4v) is 1.95. The minimum absolute atomic E-state index is 0.0838. The molecule has 124 valence electrons. The van der Waals surface area contributed by atoms with Crippen LogP contribution in [0.25, 0.3) is 0 Å². The predicted octanol–water partition coefficient (Wildman–Crippen LogP) is 2.12. The lowest BCUT2D eigenvalue weighted by molar-refractivity contribution is -0.141. The second kappa shape index (κ2) is 10.4. The molecule has 0 saturated carbocycles. The zero-order chi connectivity index (χ0) is 16.3. The van der Waals surface area contributed by atoms with E-state index >= 15 is 0 Å². The van der Waals surface area contributed by atoms with Crippen LogP contribution in [0.2, 0.25) is 0 Å². The summed E-state index contributed by atoms with van der Waals surface area (Å²) in [7, 11) is 0. The second-order valence-corrected chi connectivity index (χ2v) is 6.27. The van der Waals surface area contributed by atoms with E-state index in [1.54, 1.807) is 0 Å². The number of carboxylic acids is 1. The molecule has 0 aromatic carbocycles. The molecule has 6 nitrogen and oxygen atoms in total. The Bertz CT molecular complexity index is 317. The van der Waals surface area contributed by atoms with E-state index in [1.807, 2.05) is 0 Å². The summed E-state index contributed by atoms with van der Waals surface area (Å²) in [6, 6.07) is -0.372. The van der Waals surface area contributed by atoms with Gasteiger partial charge in [-0.1, -0.05) is 39.5 Å². The summed E-state index contributed by atoms with van der Waals surface area (Å²) in [5.41, 5.74) is -1.43. The Morgan fingerprint density at radius 2 is 1.71 bits per heavy atom. The van der Waals surface area contributed by atoms with Gasteiger partial charge in [-0.05, 0) is 19.3 Å². The van der Waals surface area contributed by atoms with Crippen LogP contribution in [0.5, 0.6) is 0 Å². The van der Waals surface area contributed by atoms with Gasteiger partial charge in [0, 0.05) is 13.1 Å². The van der Waals surface area contributed by atoms with Crippen LogP contribution in [0.3, 0.4) is 0 Å². The number of urea groups is 1. The first kappa shape index (κ1) is 19.7. The first-order chi connectivity index (χ1) is 9.73. The molecule has 0 saturated heterocycles. The van der Waals surface area contributed by atoms with E-state index < -0.39 is 18.0 Å². The summed E-state index contributed by atoms with van der Waals surface area (Å²) in [6.45, 7) is 6.32. The molecular weight excluding hydrogens is 272 g/mol. The van der Waals surface area contributed by atoms with Crippen LogP contribution in [0, 0.1) is 5.92 Å². The average Bonchev–Trinajstić information content (AvgIpc) is 2.33. The molecule has 0 aliphatic rings. The van der Waals surface area contributed by atoms with Gasteiger partial charge in [0.1, 0.15) is 0 Å². The van der Waals surface area contributed by atoms with Crippen LogP contribution in [0.1, 0.15) is 59.3 Å². The van der Waals surface area contributed by atoms with Gasteiger partial charge in [0.25, 0.3) is 0 Å². The molecule has 0 spiro atoms. The Labute approximate surface area is 127 Å². The minimum atomic E-state index is -1.43. The lowest BCUT2D eigenvalue weighted by Gasteiger charge is -2.21. The molecule has 0 bridgehead atoms. The largest absolute Gasteiger partial charge is 0.481 e. The van der Waals surface area contributed by atoms with Gasteiger partial charge in [-0.2, -0.15) is 0 Å². The summed E-state index contributed by atoms with van der Waals surface area (Å²) in [5.74, 6) is -0.351. The molecule has 0 aliphatic carbocycles. The van der Waals surface area contributed by atoms with Crippen molar-refractivity contribution in [2.24, 2.45) is 5.92 Å². The highest BCUT2D eigenvalue weighted by molar-refractivity contribution is 5.74. The van der Waals surface area contributed by atoms with Gasteiger partial charge in [0.15, 0.2) is 0 Å². The molecular formula is C15H30N2O4. The zero-order valence-corrected chi connectivity index (χ0v) is 13.4. The van der Waals surface area contributed by atoms with Crippen LogP contribution < -0.4 is 10.6 Å². The van der Waals surface area contributed by atoms with E-state index in [0.29, 0.717) is 6.54 Å². The van der Waals surface area contributed by atoms with E-state index in [4.69, 9.17) is 5.11 Å². The Morgan fingerprint density at radius 3 is 2.29 bits per heavy atom. The van der Waals surface area contributed by atoms with Crippen LogP contribution in [-0.2, 0) is 4.79 Å². The van der Waals surface area contributed by atoms with Gasteiger partial charge in [-0.25, -0.2) is 4.79 Å². The maximum atomic E-state index is 11.5. The van der Waals surface area contributed by atoms with Crippen LogP contribution in [-0.4, -0.2) is 40.9 Å². The van der Waals surface area contributed by atoms with Crippen LogP contribution in [0.4, 0.5) is 4.79 Å². The molecule has 0 fully saturated rings. The van der Waals surface area contributed by atoms with E-state index in [0.717, 1.165) is 18.8 Å². The van der Waals surface area contributed by atoms with Gasteiger partial charge in [-0.15, -0.1) is 0 Å². The highest BCUT2D eigenvalue weighted by Gasteiger charge is 2.24. The Morgan fingerprint density at radius 1 is 1.10 bits per heavy atom. The van der Waals surface area contributed by atoms with Gasteiger partial charge in [-0.3, -0.25) is 4.79 Å². The van der Waals surface area contributed by atoms with E-state index in [9.17, 15) is 14.7 Å². The number of nitrogens with one attached hydrogen (secondary N) is 2. The summed E-state index contributed by atoms with van der Waals surface area (Å²) in [6.07, 6.45) is 5.26. The SMILES string of the molecule is CC(C)CCCCCCNC(=O)NCC(C)(O)CC(=O)O. The minimum Gasteiger partial charge on any atom is -0.481 e. The maximum absolute atomic E-state index is 11.5. The molecule has 0 aromatic rings. The zero-order valence-electron chi connectivity index (χ0n) is 13.4. The molecule has 1 atom stereocenters. The van der Waals surface area contributed by atoms with Gasteiger partial charge < -0.3 is 20.8 Å². The number of hydrogen-bond donors (Lipinski definition) is 4. The van der Waals surface area contributed by atoms with Crippen molar-refractivity contribution < 1.29 is 19.8 Å². The number of carboxylic acid groups (broad SMARTS) is 1. The van der Waals surface area contributed by atoms with Crippen molar-refractivity contribution in [3.63, 3.8) is 0 Å². The fourth-order valence-electron chi connectivity index (χ4n) is 1.95. The highest BCUT2D eigenvalue weighted by Crippen LogP contribution is 2.09. The molecule has 4 N–H and O–H groups in total. The summed E-state index contributed by atoms with van der Waals surface area (Å²) in [4.78, 5) is 22.0. The van der Waals surface area contributed by atoms with Crippen LogP contribution >= 0.6 is 0 Å². The standard InChI is InChI=1S/C15H30N2O4/c1-12(2)8-6-4-5-7-9-16-14(20)17-11-15(3,21)10-13(18)19/h12,21H,4-11H2,1-3H3,(H,18,19)(H2,16,17,20). The summed E-state index contributed by atoms with van der Waals surface area (Å²) >= 11 is 0.